The van der Waals surface area contributed by atoms with Crippen molar-refractivity contribution >= 4 is 39.1 Å². The molecular formula is C25H21BrN2O3. The summed E-state index contributed by atoms with van der Waals surface area (Å²) in [5.74, 6) is -1.59. The van der Waals surface area contributed by atoms with Gasteiger partial charge in [-0.05, 0) is 73.4 Å². The highest BCUT2D eigenvalue weighted by Gasteiger charge is 2.47. The van der Waals surface area contributed by atoms with Crippen molar-refractivity contribution < 1.29 is 14.7 Å². The molecule has 5 nitrogen and oxygen atoms in total. The number of carbonyl (C=O) groups is 2. The van der Waals surface area contributed by atoms with Crippen LogP contribution in [0.1, 0.15) is 33.9 Å². The van der Waals surface area contributed by atoms with Crippen LogP contribution in [-0.2, 0) is 9.59 Å². The zero-order valence-corrected chi connectivity index (χ0v) is 19.0. The number of aromatic nitrogens is 1. The van der Waals surface area contributed by atoms with Crippen LogP contribution in [0.5, 0.6) is 0 Å². The molecule has 31 heavy (non-hydrogen) atoms. The van der Waals surface area contributed by atoms with E-state index in [9.17, 15) is 14.7 Å². The quantitative estimate of drug-likeness (QED) is 0.312. The van der Waals surface area contributed by atoms with Crippen molar-refractivity contribution in [2.75, 3.05) is 4.90 Å². The van der Waals surface area contributed by atoms with Crippen molar-refractivity contribution in [1.29, 1.82) is 0 Å². The van der Waals surface area contributed by atoms with E-state index in [0.717, 1.165) is 21.2 Å². The maximum atomic E-state index is 13.2. The SMILES string of the molecule is Cc1ccc(N2C(=O)C(=O)/C(=C(/O)c3ccc(Br)c(C)c3)C2c2cccnc2)cc1C. The monoisotopic (exact) mass is 476 g/mol. The van der Waals surface area contributed by atoms with Crippen molar-refractivity contribution in [3.8, 4) is 0 Å². The van der Waals surface area contributed by atoms with Crippen LogP contribution in [0.3, 0.4) is 0 Å². The molecule has 3 aromatic rings. The molecule has 6 heteroatoms. The van der Waals surface area contributed by atoms with Crippen LogP contribution >= 0.6 is 15.9 Å². The molecule has 0 bridgehead atoms. The van der Waals surface area contributed by atoms with Crippen LogP contribution in [0, 0.1) is 20.8 Å². The normalized spacial score (nSPS) is 17.9. The second kappa shape index (κ2) is 8.12. The summed E-state index contributed by atoms with van der Waals surface area (Å²) in [5, 5.41) is 11.2. The van der Waals surface area contributed by atoms with Gasteiger partial charge in [0.15, 0.2) is 0 Å². The van der Waals surface area contributed by atoms with E-state index in [1.807, 2.05) is 45.0 Å². The lowest BCUT2D eigenvalue weighted by atomic mass is 9.95. The van der Waals surface area contributed by atoms with Crippen LogP contribution in [-0.4, -0.2) is 21.8 Å². The van der Waals surface area contributed by atoms with Gasteiger partial charge in [-0.3, -0.25) is 19.5 Å². The predicted molar refractivity (Wildman–Crippen MR) is 124 cm³/mol. The van der Waals surface area contributed by atoms with Gasteiger partial charge in [0.2, 0.25) is 0 Å². The van der Waals surface area contributed by atoms with E-state index < -0.39 is 17.7 Å². The van der Waals surface area contributed by atoms with Crippen molar-refractivity contribution in [3.05, 3.63) is 98.8 Å². The maximum absolute atomic E-state index is 13.2. The fourth-order valence-electron chi connectivity index (χ4n) is 3.77. The number of benzene rings is 2. The van der Waals surface area contributed by atoms with Gasteiger partial charge in [0.1, 0.15) is 5.76 Å². The molecule has 1 atom stereocenters. The lowest BCUT2D eigenvalue weighted by molar-refractivity contribution is -0.132. The first-order valence-electron chi connectivity index (χ1n) is 9.84. The van der Waals surface area contributed by atoms with E-state index in [-0.39, 0.29) is 11.3 Å². The van der Waals surface area contributed by atoms with Gasteiger partial charge in [-0.2, -0.15) is 0 Å². The third-order valence-corrected chi connectivity index (χ3v) is 6.53. The highest BCUT2D eigenvalue weighted by Crippen LogP contribution is 2.42. The summed E-state index contributed by atoms with van der Waals surface area (Å²) in [6.07, 6.45) is 3.24. The summed E-state index contributed by atoms with van der Waals surface area (Å²) in [4.78, 5) is 31.9. The number of amides is 1. The number of pyridine rings is 1. The Labute approximate surface area is 189 Å². The number of hydrogen-bond donors (Lipinski definition) is 1. The third kappa shape index (κ3) is 3.68. The molecule has 1 amide bonds. The molecule has 2 aromatic carbocycles. The van der Waals surface area contributed by atoms with E-state index in [4.69, 9.17) is 0 Å². The fraction of sp³-hybridized carbons (Fsp3) is 0.160. The molecule has 1 aliphatic rings. The first kappa shape index (κ1) is 21.0. The van der Waals surface area contributed by atoms with Crippen LogP contribution in [0.15, 0.2) is 71.0 Å². The average molecular weight is 477 g/mol. The van der Waals surface area contributed by atoms with Crippen molar-refractivity contribution in [2.24, 2.45) is 0 Å². The summed E-state index contributed by atoms with van der Waals surface area (Å²) in [7, 11) is 0. The number of Topliss-reactive ketones (excluding diaryl/α,β-unsaturated/α-hetero) is 1. The molecule has 1 fully saturated rings. The van der Waals surface area contributed by atoms with Crippen molar-refractivity contribution in [2.45, 2.75) is 26.8 Å². The first-order chi connectivity index (χ1) is 14.8. The van der Waals surface area contributed by atoms with Crippen molar-refractivity contribution in [1.82, 2.24) is 4.98 Å². The lowest BCUT2D eigenvalue weighted by Crippen LogP contribution is -2.29. The van der Waals surface area contributed by atoms with Crippen molar-refractivity contribution in [3.63, 3.8) is 0 Å². The zero-order valence-electron chi connectivity index (χ0n) is 17.4. The number of anilines is 1. The van der Waals surface area contributed by atoms with Crippen LogP contribution in [0.25, 0.3) is 5.76 Å². The summed E-state index contributed by atoms with van der Waals surface area (Å²) in [6.45, 7) is 5.84. The van der Waals surface area contributed by atoms with E-state index in [1.165, 1.54) is 4.90 Å². The molecular weight excluding hydrogens is 456 g/mol. The molecule has 1 unspecified atom stereocenters. The topological polar surface area (TPSA) is 70.5 Å². The van der Waals surface area contributed by atoms with Crippen LogP contribution in [0.4, 0.5) is 5.69 Å². The van der Waals surface area contributed by atoms with Gasteiger partial charge in [-0.1, -0.05) is 34.1 Å². The number of halogens is 1. The summed E-state index contributed by atoms with van der Waals surface area (Å²) in [5.41, 5.74) is 4.79. The van der Waals surface area contributed by atoms with E-state index in [2.05, 4.69) is 20.9 Å². The Morgan fingerprint density at radius 2 is 1.77 bits per heavy atom. The molecule has 0 aliphatic carbocycles. The molecule has 156 valence electrons. The molecule has 1 saturated heterocycles. The average Bonchev–Trinajstić information content (AvgIpc) is 3.03. The number of ketones is 1. The van der Waals surface area contributed by atoms with Gasteiger partial charge < -0.3 is 5.11 Å². The summed E-state index contributed by atoms with van der Waals surface area (Å²) >= 11 is 3.45. The summed E-state index contributed by atoms with van der Waals surface area (Å²) in [6, 6.07) is 13.7. The van der Waals surface area contributed by atoms with E-state index >= 15 is 0 Å². The van der Waals surface area contributed by atoms with Gasteiger partial charge in [0.25, 0.3) is 11.7 Å². The van der Waals surface area contributed by atoms with Crippen LogP contribution < -0.4 is 4.90 Å². The Morgan fingerprint density at radius 3 is 2.42 bits per heavy atom. The van der Waals surface area contributed by atoms with Crippen LogP contribution in [0.2, 0.25) is 0 Å². The highest BCUT2D eigenvalue weighted by atomic mass is 79.9. The van der Waals surface area contributed by atoms with Gasteiger partial charge in [-0.25, -0.2) is 0 Å². The number of rotatable bonds is 3. The summed E-state index contributed by atoms with van der Waals surface area (Å²) < 4.78 is 0.892. The van der Waals surface area contributed by atoms with Gasteiger partial charge in [0.05, 0.1) is 11.6 Å². The molecule has 4 rings (SSSR count). The minimum atomic E-state index is -0.778. The number of nitrogens with zero attached hydrogens (tertiary/aromatic N) is 2. The number of aliphatic hydroxyl groups is 1. The number of aliphatic hydroxyl groups excluding tert-OH is 1. The standard InChI is InChI=1S/C25H21BrN2O3/c1-14-6-8-19(12-15(14)2)28-22(18-5-4-10-27-13-18)21(24(30)25(28)31)23(29)17-7-9-20(26)16(3)11-17/h4-13,22,29H,1-3H3/b23-21+. The Balaban J connectivity index is 1.95. The fourth-order valence-corrected chi connectivity index (χ4v) is 4.02. The van der Waals surface area contributed by atoms with Gasteiger partial charge in [-0.15, -0.1) is 0 Å². The second-order valence-corrected chi connectivity index (χ2v) is 8.54. The molecule has 0 spiro atoms. The minimum absolute atomic E-state index is 0.0537. The van der Waals surface area contributed by atoms with E-state index in [1.54, 1.807) is 36.7 Å². The lowest BCUT2D eigenvalue weighted by Gasteiger charge is -2.25. The van der Waals surface area contributed by atoms with E-state index in [0.29, 0.717) is 16.8 Å². The minimum Gasteiger partial charge on any atom is -0.507 e. The molecule has 1 aliphatic heterocycles. The smallest absolute Gasteiger partial charge is 0.300 e. The van der Waals surface area contributed by atoms with Gasteiger partial charge >= 0.3 is 0 Å². The third-order valence-electron chi connectivity index (χ3n) is 5.64. The van der Waals surface area contributed by atoms with Gasteiger partial charge in [0, 0.05) is 28.1 Å². The zero-order chi connectivity index (χ0) is 22.3. The highest BCUT2D eigenvalue weighted by molar-refractivity contribution is 9.10. The predicted octanol–water partition coefficient (Wildman–Crippen LogP) is 5.40. The Morgan fingerprint density at radius 1 is 1.00 bits per heavy atom. The molecule has 2 heterocycles. The number of carbonyl (C=O) groups excluding carboxylic acids is 2. The molecule has 1 aromatic heterocycles. The number of hydrogen-bond acceptors (Lipinski definition) is 4. The largest absolute Gasteiger partial charge is 0.507 e. The Hall–Kier alpha value is -3.25. The molecule has 0 radical (unpaired) electrons. The Kier molecular flexibility index (Phi) is 5.50. The maximum Gasteiger partial charge on any atom is 0.300 e. The first-order valence-corrected chi connectivity index (χ1v) is 10.6. The second-order valence-electron chi connectivity index (χ2n) is 7.69. The molecule has 0 saturated carbocycles. The molecule has 1 N–H and O–H groups in total. The Bertz CT molecular complexity index is 1230. The number of aryl methyl sites for hydroxylation is 3.